The van der Waals surface area contributed by atoms with E-state index in [1.807, 2.05) is 25.1 Å². The van der Waals surface area contributed by atoms with Crippen LogP contribution in [0, 0.1) is 5.92 Å². The Balaban J connectivity index is 1.88. The van der Waals surface area contributed by atoms with Gasteiger partial charge in [0.25, 0.3) is 0 Å². The van der Waals surface area contributed by atoms with Crippen LogP contribution >= 0.6 is 0 Å². The highest BCUT2D eigenvalue weighted by molar-refractivity contribution is 5.49. The van der Waals surface area contributed by atoms with E-state index in [-0.39, 0.29) is 0 Å². The Labute approximate surface area is 157 Å². The van der Waals surface area contributed by atoms with Gasteiger partial charge in [0.2, 0.25) is 0 Å². The lowest BCUT2D eigenvalue weighted by atomic mass is 9.87. The predicted molar refractivity (Wildman–Crippen MR) is 107 cm³/mol. The van der Waals surface area contributed by atoms with Crippen molar-refractivity contribution in [1.82, 2.24) is 4.90 Å². The summed E-state index contributed by atoms with van der Waals surface area (Å²) in [7, 11) is 2.23. The van der Waals surface area contributed by atoms with E-state index in [4.69, 9.17) is 9.47 Å². The monoisotopic (exact) mass is 353 g/mol. The van der Waals surface area contributed by atoms with Crippen LogP contribution in [-0.4, -0.2) is 25.1 Å². The molecule has 0 radical (unpaired) electrons. The molecule has 3 nitrogen and oxygen atoms in total. The number of nitrogens with zero attached hydrogens (tertiary/aromatic N) is 1. The van der Waals surface area contributed by atoms with Gasteiger partial charge in [-0.15, -0.1) is 0 Å². The van der Waals surface area contributed by atoms with Gasteiger partial charge in [0.1, 0.15) is 6.61 Å². The summed E-state index contributed by atoms with van der Waals surface area (Å²) >= 11 is 0. The molecule has 3 rings (SSSR count). The average Bonchev–Trinajstić information content (AvgIpc) is 2.63. The lowest BCUT2D eigenvalue weighted by molar-refractivity contribution is 0.200. The van der Waals surface area contributed by atoms with Gasteiger partial charge in [-0.2, -0.15) is 0 Å². The summed E-state index contributed by atoms with van der Waals surface area (Å²) in [5.41, 5.74) is 3.98. The lowest BCUT2D eigenvalue weighted by Gasteiger charge is -2.36. The summed E-state index contributed by atoms with van der Waals surface area (Å²) in [5.74, 6) is 2.39. The minimum absolute atomic E-state index is 0.459. The second kappa shape index (κ2) is 8.59. The highest BCUT2D eigenvalue weighted by atomic mass is 16.5. The van der Waals surface area contributed by atoms with Gasteiger partial charge < -0.3 is 9.47 Å². The maximum atomic E-state index is 6.15. The zero-order valence-electron chi connectivity index (χ0n) is 16.5. The van der Waals surface area contributed by atoms with Gasteiger partial charge in [0.05, 0.1) is 6.61 Å². The first-order valence-corrected chi connectivity index (χ1v) is 9.75. The summed E-state index contributed by atoms with van der Waals surface area (Å²) < 4.78 is 12.1. The molecular formula is C23H31NO2. The van der Waals surface area contributed by atoms with Crippen molar-refractivity contribution in [3.63, 3.8) is 0 Å². The third kappa shape index (κ3) is 4.39. The molecule has 26 heavy (non-hydrogen) atoms. The van der Waals surface area contributed by atoms with Gasteiger partial charge in [0.15, 0.2) is 11.5 Å². The van der Waals surface area contributed by atoms with E-state index < -0.39 is 0 Å². The van der Waals surface area contributed by atoms with Crippen LogP contribution in [0.4, 0.5) is 0 Å². The Morgan fingerprint density at radius 1 is 1.08 bits per heavy atom. The molecule has 0 N–H and O–H groups in total. The van der Waals surface area contributed by atoms with E-state index in [2.05, 4.69) is 50.1 Å². The zero-order valence-corrected chi connectivity index (χ0v) is 16.5. The number of benzene rings is 2. The maximum Gasteiger partial charge on any atom is 0.161 e. The van der Waals surface area contributed by atoms with Crippen molar-refractivity contribution in [1.29, 1.82) is 0 Å². The summed E-state index contributed by atoms with van der Waals surface area (Å²) in [5, 5.41) is 0. The Kier molecular flexibility index (Phi) is 6.20. The van der Waals surface area contributed by atoms with Crippen LogP contribution in [0.3, 0.4) is 0 Å². The topological polar surface area (TPSA) is 21.7 Å². The quantitative estimate of drug-likeness (QED) is 0.679. The van der Waals surface area contributed by atoms with Gasteiger partial charge in [-0.05, 0) is 61.6 Å². The summed E-state index contributed by atoms with van der Waals surface area (Å²) in [4.78, 5) is 2.47. The van der Waals surface area contributed by atoms with E-state index in [1.54, 1.807) is 0 Å². The molecule has 140 valence electrons. The molecule has 0 aliphatic carbocycles. The number of rotatable bonds is 7. The molecule has 0 amide bonds. The molecule has 0 saturated heterocycles. The van der Waals surface area contributed by atoms with Gasteiger partial charge in [-0.3, -0.25) is 4.90 Å². The van der Waals surface area contributed by atoms with Crippen molar-refractivity contribution in [2.75, 3.05) is 20.2 Å². The molecule has 3 heteroatoms. The SMILES string of the molecule is CCOc1cc2c(cc1OCc1ccccc1)CCN(C)C2CC(C)C. The summed E-state index contributed by atoms with van der Waals surface area (Å²) in [6.07, 6.45) is 2.23. The first-order valence-electron chi connectivity index (χ1n) is 9.75. The molecule has 0 bridgehead atoms. The molecule has 2 aromatic rings. The van der Waals surface area contributed by atoms with E-state index >= 15 is 0 Å². The lowest BCUT2D eigenvalue weighted by Crippen LogP contribution is -2.33. The fraction of sp³-hybridized carbons (Fsp3) is 0.478. The zero-order chi connectivity index (χ0) is 18.5. The molecule has 1 aliphatic rings. The highest BCUT2D eigenvalue weighted by Gasteiger charge is 2.27. The molecule has 0 fully saturated rings. The fourth-order valence-corrected chi connectivity index (χ4v) is 3.70. The summed E-state index contributed by atoms with van der Waals surface area (Å²) in [6.45, 7) is 8.92. The van der Waals surface area contributed by atoms with E-state index in [0.717, 1.165) is 24.5 Å². The van der Waals surface area contributed by atoms with Crippen LogP contribution in [0.1, 0.15) is 49.9 Å². The molecule has 0 spiro atoms. The number of hydrogen-bond donors (Lipinski definition) is 0. The Hall–Kier alpha value is -2.00. The number of hydrogen-bond acceptors (Lipinski definition) is 3. The highest BCUT2D eigenvalue weighted by Crippen LogP contribution is 2.40. The van der Waals surface area contributed by atoms with Gasteiger partial charge in [-0.1, -0.05) is 44.2 Å². The third-order valence-corrected chi connectivity index (χ3v) is 5.06. The average molecular weight is 354 g/mol. The standard InChI is InChI=1S/C23H31NO2/c1-5-25-23-15-20-19(11-12-24(4)21(20)13-17(2)3)14-22(23)26-16-18-9-7-6-8-10-18/h6-10,14-15,17,21H,5,11-13,16H2,1-4H3. The third-order valence-electron chi connectivity index (χ3n) is 5.06. The molecule has 1 aliphatic heterocycles. The minimum atomic E-state index is 0.459. The fourth-order valence-electron chi connectivity index (χ4n) is 3.70. The maximum absolute atomic E-state index is 6.15. The molecular weight excluding hydrogens is 322 g/mol. The van der Waals surface area contributed by atoms with E-state index in [0.29, 0.717) is 25.2 Å². The van der Waals surface area contributed by atoms with Gasteiger partial charge in [0, 0.05) is 12.6 Å². The molecule has 1 heterocycles. The van der Waals surface area contributed by atoms with Crippen LogP contribution in [-0.2, 0) is 13.0 Å². The summed E-state index contributed by atoms with van der Waals surface area (Å²) in [6, 6.07) is 15.2. The van der Waals surface area contributed by atoms with Crippen molar-refractivity contribution in [3.8, 4) is 11.5 Å². The number of ether oxygens (including phenoxy) is 2. The van der Waals surface area contributed by atoms with Crippen LogP contribution in [0.5, 0.6) is 11.5 Å². The van der Waals surface area contributed by atoms with Crippen LogP contribution in [0.15, 0.2) is 42.5 Å². The smallest absolute Gasteiger partial charge is 0.161 e. The number of likely N-dealkylation sites (N-methyl/N-ethyl adjacent to an activating group) is 1. The van der Waals surface area contributed by atoms with Crippen molar-refractivity contribution in [2.24, 2.45) is 5.92 Å². The van der Waals surface area contributed by atoms with Gasteiger partial charge in [-0.25, -0.2) is 0 Å². The van der Waals surface area contributed by atoms with Crippen molar-refractivity contribution >= 4 is 0 Å². The second-order valence-electron chi connectivity index (χ2n) is 7.58. The van der Waals surface area contributed by atoms with E-state index in [1.165, 1.54) is 23.1 Å². The second-order valence-corrected chi connectivity index (χ2v) is 7.58. The molecule has 1 unspecified atom stereocenters. The van der Waals surface area contributed by atoms with Gasteiger partial charge >= 0.3 is 0 Å². The first-order chi connectivity index (χ1) is 12.6. The van der Waals surface area contributed by atoms with Crippen molar-refractivity contribution in [2.45, 2.75) is 46.3 Å². The Morgan fingerprint density at radius 3 is 2.50 bits per heavy atom. The van der Waals surface area contributed by atoms with Crippen LogP contribution < -0.4 is 9.47 Å². The predicted octanol–water partition coefficient (Wildman–Crippen LogP) is 5.24. The van der Waals surface area contributed by atoms with Crippen molar-refractivity contribution in [3.05, 3.63) is 59.2 Å². The molecule has 1 atom stereocenters. The van der Waals surface area contributed by atoms with Crippen LogP contribution in [0.2, 0.25) is 0 Å². The van der Waals surface area contributed by atoms with E-state index in [9.17, 15) is 0 Å². The number of fused-ring (bicyclic) bond motifs is 1. The molecule has 0 aromatic heterocycles. The normalized spacial score (nSPS) is 17.2. The Morgan fingerprint density at radius 2 is 1.81 bits per heavy atom. The van der Waals surface area contributed by atoms with Crippen LogP contribution in [0.25, 0.3) is 0 Å². The first kappa shape index (κ1) is 18.8. The Bertz CT molecular complexity index is 712. The molecule has 0 saturated carbocycles. The molecule has 2 aromatic carbocycles. The van der Waals surface area contributed by atoms with Crippen molar-refractivity contribution < 1.29 is 9.47 Å². The minimum Gasteiger partial charge on any atom is -0.490 e. The largest absolute Gasteiger partial charge is 0.490 e.